The molecule has 4 nitrogen and oxygen atoms in total. The lowest BCUT2D eigenvalue weighted by molar-refractivity contribution is 0.251. The predicted octanol–water partition coefficient (Wildman–Crippen LogP) is 4.18. The summed E-state index contributed by atoms with van der Waals surface area (Å²) < 4.78 is 18.7. The summed E-state index contributed by atoms with van der Waals surface area (Å²) in [6.07, 6.45) is 0. The van der Waals surface area contributed by atoms with Gasteiger partial charge in [-0.3, -0.25) is 0 Å². The normalized spacial score (nSPS) is 10.4. The van der Waals surface area contributed by atoms with Crippen LogP contribution in [-0.2, 0) is 6.61 Å². The van der Waals surface area contributed by atoms with Gasteiger partial charge in [-0.05, 0) is 35.7 Å². The fourth-order valence-corrected chi connectivity index (χ4v) is 1.93. The summed E-state index contributed by atoms with van der Waals surface area (Å²) in [6, 6.07) is 13.1. The van der Waals surface area contributed by atoms with Crippen molar-refractivity contribution >= 4 is 11.7 Å². The molecule has 0 radical (unpaired) electrons. The second-order valence-corrected chi connectivity index (χ2v) is 5.68. The van der Waals surface area contributed by atoms with Crippen LogP contribution in [0.5, 0.6) is 5.75 Å². The van der Waals surface area contributed by atoms with Crippen molar-refractivity contribution in [3.8, 4) is 5.75 Å². The van der Waals surface area contributed by atoms with Crippen molar-refractivity contribution in [3.05, 3.63) is 59.9 Å². The minimum atomic E-state index is -0.289. The Morgan fingerprint density at radius 1 is 1.17 bits per heavy atom. The Bertz CT molecular complexity index is 659. The van der Waals surface area contributed by atoms with Gasteiger partial charge in [0.15, 0.2) is 0 Å². The molecule has 2 N–H and O–H groups in total. The van der Waals surface area contributed by atoms with Gasteiger partial charge in [-0.15, -0.1) is 0 Å². The van der Waals surface area contributed by atoms with E-state index in [1.165, 1.54) is 12.1 Å². The first-order valence-corrected chi connectivity index (χ1v) is 7.55. The van der Waals surface area contributed by atoms with Crippen molar-refractivity contribution in [2.75, 3.05) is 11.9 Å². The zero-order chi connectivity index (χ0) is 16.7. The van der Waals surface area contributed by atoms with Gasteiger partial charge >= 0.3 is 6.03 Å². The molecule has 23 heavy (non-hydrogen) atoms. The van der Waals surface area contributed by atoms with Crippen LogP contribution in [0, 0.1) is 11.7 Å². The van der Waals surface area contributed by atoms with Crippen molar-refractivity contribution in [1.82, 2.24) is 5.32 Å². The fourth-order valence-electron chi connectivity index (χ4n) is 1.93. The van der Waals surface area contributed by atoms with E-state index in [0.29, 0.717) is 23.9 Å². The number of benzene rings is 2. The molecule has 0 unspecified atom stereocenters. The largest absolute Gasteiger partial charge is 0.489 e. The van der Waals surface area contributed by atoms with Crippen molar-refractivity contribution in [2.45, 2.75) is 20.5 Å². The molecule has 122 valence electrons. The van der Waals surface area contributed by atoms with Gasteiger partial charge in [0.1, 0.15) is 18.2 Å². The smallest absolute Gasteiger partial charge is 0.319 e. The molecule has 2 aromatic rings. The zero-order valence-corrected chi connectivity index (χ0v) is 13.3. The number of urea groups is 1. The highest BCUT2D eigenvalue weighted by Gasteiger charge is 2.04. The molecule has 0 saturated carbocycles. The monoisotopic (exact) mass is 316 g/mol. The van der Waals surface area contributed by atoms with Crippen molar-refractivity contribution in [1.29, 1.82) is 0 Å². The average molecular weight is 316 g/mol. The Morgan fingerprint density at radius 3 is 2.70 bits per heavy atom. The predicted molar refractivity (Wildman–Crippen MR) is 89.0 cm³/mol. The van der Waals surface area contributed by atoms with E-state index in [4.69, 9.17) is 4.74 Å². The molecule has 0 spiro atoms. The van der Waals surface area contributed by atoms with Crippen LogP contribution in [0.4, 0.5) is 14.9 Å². The third kappa shape index (κ3) is 5.98. The lowest BCUT2D eigenvalue weighted by Crippen LogP contribution is -2.31. The standard InChI is InChI=1S/C18H21FN2O2/c1-13(2)11-20-18(22)21-16-7-4-8-17(10-16)23-12-14-5-3-6-15(19)9-14/h3-10,13H,11-12H2,1-2H3,(H2,20,21,22). The highest BCUT2D eigenvalue weighted by molar-refractivity contribution is 5.89. The number of rotatable bonds is 6. The molecule has 0 aromatic heterocycles. The summed E-state index contributed by atoms with van der Waals surface area (Å²) >= 11 is 0. The van der Waals surface area contributed by atoms with Crippen molar-refractivity contribution in [2.24, 2.45) is 5.92 Å². The Morgan fingerprint density at radius 2 is 1.96 bits per heavy atom. The molecule has 0 heterocycles. The number of carbonyl (C=O) groups is 1. The van der Waals surface area contributed by atoms with E-state index in [0.717, 1.165) is 5.56 Å². The summed E-state index contributed by atoms with van der Waals surface area (Å²) in [5, 5.41) is 5.54. The van der Waals surface area contributed by atoms with Crippen molar-refractivity contribution in [3.63, 3.8) is 0 Å². The SMILES string of the molecule is CC(C)CNC(=O)Nc1cccc(OCc2cccc(F)c2)c1. The molecule has 0 fully saturated rings. The number of amides is 2. The van der Waals surface area contributed by atoms with Gasteiger partial charge in [0, 0.05) is 18.3 Å². The molecular weight excluding hydrogens is 295 g/mol. The van der Waals surface area contributed by atoms with Crippen LogP contribution in [0.25, 0.3) is 0 Å². The highest BCUT2D eigenvalue weighted by atomic mass is 19.1. The summed E-state index contributed by atoms with van der Waals surface area (Å²) in [5.41, 5.74) is 1.39. The molecule has 0 saturated heterocycles. The number of ether oxygens (including phenoxy) is 1. The van der Waals surface area contributed by atoms with Crippen LogP contribution in [0.2, 0.25) is 0 Å². The van der Waals surface area contributed by atoms with E-state index < -0.39 is 0 Å². The van der Waals surface area contributed by atoms with Crippen LogP contribution in [-0.4, -0.2) is 12.6 Å². The zero-order valence-electron chi connectivity index (χ0n) is 13.3. The summed E-state index contributed by atoms with van der Waals surface area (Å²) in [7, 11) is 0. The highest BCUT2D eigenvalue weighted by Crippen LogP contribution is 2.18. The first kappa shape index (κ1) is 16.8. The topological polar surface area (TPSA) is 50.4 Å². The molecule has 2 aromatic carbocycles. The molecule has 0 bridgehead atoms. The minimum absolute atomic E-state index is 0.249. The Balaban J connectivity index is 1.90. The number of hydrogen-bond acceptors (Lipinski definition) is 2. The first-order chi connectivity index (χ1) is 11.0. The van der Waals surface area contributed by atoms with Gasteiger partial charge < -0.3 is 15.4 Å². The van der Waals surface area contributed by atoms with Gasteiger partial charge in [0.25, 0.3) is 0 Å². The number of carbonyl (C=O) groups excluding carboxylic acids is 1. The van der Waals surface area contributed by atoms with E-state index in [2.05, 4.69) is 10.6 Å². The summed E-state index contributed by atoms with van der Waals surface area (Å²) in [4.78, 5) is 11.7. The van der Waals surface area contributed by atoms with Gasteiger partial charge in [-0.2, -0.15) is 0 Å². The van der Waals surface area contributed by atoms with Crippen LogP contribution in [0.3, 0.4) is 0 Å². The van der Waals surface area contributed by atoms with Crippen LogP contribution >= 0.6 is 0 Å². The van der Waals surface area contributed by atoms with E-state index in [-0.39, 0.29) is 18.5 Å². The molecular formula is C18H21FN2O2. The van der Waals surface area contributed by atoms with E-state index in [1.807, 2.05) is 13.8 Å². The van der Waals surface area contributed by atoms with Gasteiger partial charge in [-0.25, -0.2) is 9.18 Å². The van der Waals surface area contributed by atoms with Crippen molar-refractivity contribution < 1.29 is 13.9 Å². The van der Waals surface area contributed by atoms with E-state index in [9.17, 15) is 9.18 Å². The molecule has 2 amide bonds. The molecule has 0 aliphatic rings. The lowest BCUT2D eigenvalue weighted by atomic mass is 10.2. The number of halogens is 1. The van der Waals surface area contributed by atoms with Gasteiger partial charge in [0.2, 0.25) is 0 Å². The molecule has 2 rings (SSSR count). The quantitative estimate of drug-likeness (QED) is 0.840. The molecule has 5 heteroatoms. The molecule has 0 atom stereocenters. The van der Waals surface area contributed by atoms with Gasteiger partial charge in [0.05, 0.1) is 0 Å². The third-order valence-corrected chi connectivity index (χ3v) is 3.06. The Kier molecular flexibility index (Phi) is 5.97. The fraction of sp³-hybridized carbons (Fsp3) is 0.278. The second-order valence-electron chi connectivity index (χ2n) is 5.68. The molecule has 0 aliphatic carbocycles. The summed E-state index contributed by atoms with van der Waals surface area (Å²) in [5.74, 6) is 0.709. The van der Waals surface area contributed by atoms with Gasteiger partial charge in [-0.1, -0.05) is 32.0 Å². The maximum atomic E-state index is 13.1. The van der Waals surface area contributed by atoms with Crippen LogP contribution in [0.1, 0.15) is 19.4 Å². The second kappa shape index (κ2) is 8.17. The average Bonchev–Trinajstić information content (AvgIpc) is 2.51. The van der Waals surface area contributed by atoms with E-state index >= 15 is 0 Å². The summed E-state index contributed by atoms with van der Waals surface area (Å²) in [6.45, 7) is 4.94. The van der Waals surface area contributed by atoms with Crippen LogP contribution < -0.4 is 15.4 Å². The lowest BCUT2D eigenvalue weighted by Gasteiger charge is -2.11. The minimum Gasteiger partial charge on any atom is -0.489 e. The maximum absolute atomic E-state index is 13.1. The first-order valence-electron chi connectivity index (χ1n) is 7.55. The number of hydrogen-bond donors (Lipinski definition) is 2. The molecule has 0 aliphatic heterocycles. The Labute approximate surface area is 135 Å². The van der Waals surface area contributed by atoms with Crippen LogP contribution in [0.15, 0.2) is 48.5 Å². The van der Waals surface area contributed by atoms with E-state index in [1.54, 1.807) is 36.4 Å². The number of nitrogens with one attached hydrogen (secondary N) is 2. The maximum Gasteiger partial charge on any atom is 0.319 e. The Hall–Kier alpha value is -2.56. The number of anilines is 1. The third-order valence-electron chi connectivity index (χ3n) is 3.06.